The van der Waals surface area contributed by atoms with Crippen LogP contribution in [0.15, 0.2) is 24.3 Å². The van der Waals surface area contributed by atoms with Crippen molar-refractivity contribution in [3.05, 3.63) is 29.8 Å². The van der Waals surface area contributed by atoms with Crippen molar-refractivity contribution in [2.24, 2.45) is 23.5 Å². The molecule has 1 aromatic carbocycles. The third-order valence-electron chi connectivity index (χ3n) is 5.73. The monoisotopic (exact) mass is 256 g/mol. The molecular weight excluding hydrogens is 232 g/mol. The minimum atomic E-state index is 0.243. The van der Waals surface area contributed by atoms with Crippen molar-refractivity contribution >= 4 is 5.69 Å². The number of hydrogen-bond acceptors (Lipinski definition) is 2. The Hall–Kier alpha value is -1.02. The van der Waals surface area contributed by atoms with Crippen molar-refractivity contribution in [2.75, 3.05) is 18.0 Å². The van der Waals surface area contributed by atoms with Gasteiger partial charge < -0.3 is 10.6 Å². The first-order valence-electron chi connectivity index (χ1n) is 7.90. The molecule has 2 bridgehead atoms. The Morgan fingerprint density at radius 3 is 2.79 bits per heavy atom. The number of hydrogen-bond donors (Lipinski definition) is 1. The molecule has 2 aliphatic carbocycles. The summed E-state index contributed by atoms with van der Waals surface area (Å²) in [5.41, 5.74) is 9.02. The Morgan fingerprint density at radius 1 is 1.11 bits per heavy atom. The van der Waals surface area contributed by atoms with Gasteiger partial charge in [0.05, 0.1) is 0 Å². The zero-order chi connectivity index (χ0) is 12.8. The fourth-order valence-corrected chi connectivity index (χ4v) is 4.73. The van der Waals surface area contributed by atoms with E-state index in [1.807, 2.05) is 0 Å². The molecule has 0 aromatic heterocycles. The van der Waals surface area contributed by atoms with Crippen LogP contribution in [0.5, 0.6) is 0 Å². The van der Waals surface area contributed by atoms with Gasteiger partial charge in [-0.15, -0.1) is 0 Å². The van der Waals surface area contributed by atoms with Crippen LogP contribution in [0.25, 0.3) is 0 Å². The van der Waals surface area contributed by atoms with Gasteiger partial charge in [0.1, 0.15) is 0 Å². The third-order valence-corrected chi connectivity index (χ3v) is 5.73. The summed E-state index contributed by atoms with van der Waals surface area (Å²) in [4.78, 5) is 2.62. The highest BCUT2D eigenvalue weighted by atomic mass is 15.1. The molecular formula is C17H24N2. The normalized spacial score (nSPS) is 36.6. The van der Waals surface area contributed by atoms with E-state index in [9.17, 15) is 0 Å². The molecule has 2 nitrogen and oxygen atoms in total. The summed E-state index contributed by atoms with van der Waals surface area (Å²) < 4.78 is 0. The van der Waals surface area contributed by atoms with Crippen molar-refractivity contribution in [1.29, 1.82) is 0 Å². The SMILES string of the molecule is NC1CCN(CC2CC3CCC2C3)c2ccccc21. The molecule has 102 valence electrons. The molecule has 3 aliphatic rings. The van der Waals surface area contributed by atoms with Crippen molar-refractivity contribution < 1.29 is 0 Å². The lowest BCUT2D eigenvalue weighted by molar-refractivity contribution is 0.330. The van der Waals surface area contributed by atoms with Gasteiger partial charge in [0.25, 0.3) is 0 Å². The summed E-state index contributed by atoms with van der Waals surface area (Å²) in [5, 5.41) is 0. The van der Waals surface area contributed by atoms with Crippen molar-refractivity contribution in [2.45, 2.75) is 38.1 Å². The van der Waals surface area contributed by atoms with Crippen LogP contribution < -0.4 is 10.6 Å². The molecule has 4 atom stereocenters. The molecule has 2 N–H and O–H groups in total. The second kappa shape index (κ2) is 4.52. The largest absolute Gasteiger partial charge is 0.371 e. The second-order valence-electron chi connectivity index (χ2n) is 6.83. The molecule has 1 aromatic rings. The van der Waals surface area contributed by atoms with Crippen LogP contribution in [0.3, 0.4) is 0 Å². The van der Waals surface area contributed by atoms with E-state index in [4.69, 9.17) is 5.73 Å². The van der Waals surface area contributed by atoms with E-state index in [1.54, 1.807) is 0 Å². The van der Waals surface area contributed by atoms with Crippen LogP contribution in [-0.4, -0.2) is 13.1 Å². The van der Waals surface area contributed by atoms with E-state index in [2.05, 4.69) is 29.2 Å². The maximum Gasteiger partial charge on any atom is 0.0414 e. The van der Waals surface area contributed by atoms with Gasteiger partial charge in [-0.25, -0.2) is 0 Å². The minimum absolute atomic E-state index is 0.243. The number of fused-ring (bicyclic) bond motifs is 3. The molecule has 19 heavy (non-hydrogen) atoms. The van der Waals surface area contributed by atoms with Gasteiger partial charge in [0.2, 0.25) is 0 Å². The summed E-state index contributed by atoms with van der Waals surface area (Å²) in [6, 6.07) is 9.01. The van der Waals surface area contributed by atoms with Gasteiger partial charge in [-0.1, -0.05) is 24.6 Å². The maximum absolute atomic E-state index is 6.25. The number of anilines is 1. The van der Waals surface area contributed by atoms with Crippen molar-refractivity contribution in [3.63, 3.8) is 0 Å². The van der Waals surface area contributed by atoms with Gasteiger partial charge in [-0.05, 0) is 55.1 Å². The Labute approximate surface area is 116 Å². The summed E-state index contributed by atoms with van der Waals surface area (Å²) in [7, 11) is 0. The topological polar surface area (TPSA) is 29.3 Å². The number of para-hydroxylation sites is 1. The minimum Gasteiger partial charge on any atom is -0.371 e. The molecule has 2 fully saturated rings. The molecule has 0 saturated heterocycles. The molecule has 2 heteroatoms. The van der Waals surface area contributed by atoms with Gasteiger partial charge in [0, 0.05) is 24.8 Å². The standard InChI is InChI=1S/C17H24N2/c18-16-7-8-19(17-4-2-1-3-15(16)17)11-14-10-12-5-6-13(14)9-12/h1-4,12-14,16H,5-11,18H2. The summed E-state index contributed by atoms with van der Waals surface area (Å²) >= 11 is 0. The maximum atomic E-state index is 6.25. The summed E-state index contributed by atoms with van der Waals surface area (Å²) in [6.07, 6.45) is 7.10. The summed E-state index contributed by atoms with van der Waals surface area (Å²) in [6.45, 7) is 2.41. The van der Waals surface area contributed by atoms with Gasteiger partial charge >= 0.3 is 0 Å². The molecule has 4 unspecified atom stereocenters. The number of nitrogens with zero attached hydrogens (tertiary/aromatic N) is 1. The Balaban J connectivity index is 1.55. The van der Waals surface area contributed by atoms with E-state index in [0.717, 1.165) is 30.7 Å². The number of benzene rings is 1. The quantitative estimate of drug-likeness (QED) is 0.879. The lowest BCUT2D eigenvalue weighted by Crippen LogP contribution is -2.38. The van der Waals surface area contributed by atoms with Gasteiger partial charge in [-0.3, -0.25) is 0 Å². The average molecular weight is 256 g/mol. The van der Waals surface area contributed by atoms with Crippen LogP contribution in [0, 0.1) is 17.8 Å². The Bertz CT molecular complexity index is 470. The smallest absolute Gasteiger partial charge is 0.0414 e. The average Bonchev–Trinajstić information content (AvgIpc) is 3.05. The Kier molecular flexibility index (Phi) is 2.80. The van der Waals surface area contributed by atoms with Gasteiger partial charge in [-0.2, -0.15) is 0 Å². The lowest BCUT2D eigenvalue weighted by atomic mass is 9.87. The van der Waals surface area contributed by atoms with Crippen LogP contribution in [0.1, 0.15) is 43.7 Å². The zero-order valence-electron chi connectivity index (χ0n) is 11.6. The first kappa shape index (κ1) is 11.8. The van der Waals surface area contributed by atoms with Crippen LogP contribution >= 0.6 is 0 Å². The Morgan fingerprint density at radius 2 is 2.00 bits per heavy atom. The highest BCUT2D eigenvalue weighted by Crippen LogP contribution is 2.49. The third kappa shape index (κ3) is 1.97. The van der Waals surface area contributed by atoms with E-state index in [0.29, 0.717) is 0 Å². The zero-order valence-corrected chi connectivity index (χ0v) is 11.6. The lowest BCUT2D eigenvalue weighted by Gasteiger charge is -2.37. The molecule has 0 spiro atoms. The van der Waals surface area contributed by atoms with Gasteiger partial charge in [0.15, 0.2) is 0 Å². The van der Waals surface area contributed by atoms with Crippen LogP contribution in [-0.2, 0) is 0 Å². The van der Waals surface area contributed by atoms with E-state index in [-0.39, 0.29) is 6.04 Å². The van der Waals surface area contributed by atoms with E-state index in [1.165, 1.54) is 43.5 Å². The highest BCUT2D eigenvalue weighted by Gasteiger charge is 2.40. The van der Waals surface area contributed by atoms with Crippen molar-refractivity contribution in [1.82, 2.24) is 0 Å². The fourth-order valence-electron chi connectivity index (χ4n) is 4.73. The van der Waals surface area contributed by atoms with Crippen molar-refractivity contribution in [3.8, 4) is 0 Å². The predicted octanol–water partition coefficient (Wildman–Crippen LogP) is 3.33. The van der Waals surface area contributed by atoms with Crippen LogP contribution in [0.4, 0.5) is 5.69 Å². The van der Waals surface area contributed by atoms with Crippen LogP contribution in [0.2, 0.25) is 0 Å². The first-order valence-corrected chi connectivity index (χ1v) is 7.90. The number of nitrogens with two attached hydrogens (primary N) is 1. The molecule has 4 rings (SSSR count). The fraction of sp³-hybridized carbons (Fsp3) is 0.647. The molecule has 1 aliphatic heterocycles. The molecule has 1 heterocycles. The number of rotatable bonds is 2. The molecule has 2 saturated carbocycles. The highest BCUT2D eigenvalue weighted by molar-refractivity contribution is 5.56. The molecule has 0 radical (unpaired) electrons. The predicted molar refractivity (Wildman–Crippen MR) is 79.1 cm³/mol. The molecule has 0 amide bonds. The van der Waals surface area contributed by atoms with E-state index >= 15 is 0 Å². The summed E-state index contributed by atoms with van der Waals surface area (Å²) in [5.74, 6) is 3.02. The second-order valence-corrected chi connectivity index (χ2v) is 6.83. The first-order chi connectivity index (χ1) is 9.31. The van der Waals surface area contributed by atoms with E-state index < -0.39 is 0 Å².